The Balaban J connectivity index is 1.25. The van der Waals surface area contributed by atoms with Crippen molar-refractivity contribution in [2.45, 2.75) is 52.0 Å². The zero-order chi connectivity index (χ0) is 16.7. The van der Waals surface area contributed by atoms with Crippen LogP contribution < -0.4 is 4.90 Å². The van der Waals surface area contributed by atoms with Crippen molar-refractivity contribution in [2.24, 2.45) is 11.3 Å². The molecule has 0 atom stereocenters. The van der Waals surface area contributed by atoms with Crippen molar-refractivity contribution < 1.29 is 4.79 Å². The molecule has 2 saturated carbocycles. The minimum Gasteiger partial charge on any atom is -0.366 e. The predicted octanol–water partition coefficient (Wildman–Crippen LogP) is 2.31. The van der Waals surface area contributed by atoms with Crippen LogP contribution in [0.2, 0.25) is 0 Å². The Morgan fingerprint density at radius 3 is 2.29 bits per heavy atom. The quantitative estimate of drug-likeness (QED) is 0.849. The maximum absolute atomic E-state index is 11.4. The van der Waals surface area contributed by atoms with E-state index in [0.29, 0.717) is 17.1 Å². The topological polar surface area (TPSA) is 49.3 Å². The summed E-state index contributed by atoms with van der Waals surface area (Å²) >= 11 is 0. The third-order valence-electron chi connectivity index (χ3n) is 6.47. The van der Waals surface area contributed by atoms with Crippen molar-refractivity contribution in [3.05, 3.63) is 18.2 Å². The summed E-state index contributed by atoms with van der Waals surface area (Å²) in [5.74, 6) is 1.68. The fraction of sp³-hybridized carbons (Fsp3) is 0.737. The number of rotatable bonds is 4. The fourth-order valence-electron chi connectivity index (χ4n) is 4.84. The lowest BCUT2D eigenvalue weighted by Gasteiger charge is -2.60. The Labute approximate surface area is 144 Å². The molecule has 0 unspecified atom stereocenters. The van der Waals surface area contributed by atoms with Crippen LogP contribution in [0, 0.1) is 11.3 Å². The minimum atomic E-state index is 0.369. The summed E-state index contributed by atoms with van der Waals surface area (Å²) in [5.41, 5.74) is 1.68. The van der Waals surface area contributed by atoms with Crippen molar-refractivity contribution in [3.8, 4) is 0 Å². The van der Waals surface area contributed by atoms with E-state index < -0.39 is 0 Å². The average molecular weight is 328 g/mol. The van der Waals surface area contributed by atoms with Crippen molar-refractivity contribution in [3.63, 3.8) is 0 Å². The normalized spacial score (nSPS) is 33.2. The van der Waals surface area contributed by atoms with Gasteiger partial charge in [0, 0.05) is 44.6 Å². The van der Waals surface area contributed by atoms with Gasteiger partial charge in [-0.25, -0.2) is 9.97 Å². The molecule has 1 aromatic heterocycles. The standard InChI is InChI=1S/C19H28N4O/c1-3-18-20-12-17(13-21-18)23-6-4-22(5-7-23)16-10-19(11-16)8-15(9-19)14(2)24/h12-13,15-16H,3-11H2,1-2H3. The Morgan fingerprint density at radius 2 is 1.75 bits per heavy atom. The summed E-state index contributed by atoms with van der Waals surface area (Å²) < 4.78 is 0. The number of carbonyl (C=O) groups is 1. The number of nitrogens with zero attached hydrogens (tertiary/aromatic N) is 4. The molecule has 1 aliphatic heterocycles. The molecule has 1 saturated heterocycles. The first-order valence-corrected chi connectivity index (χ1v) is 9.39. The van der Waals surface area contributed by atoms with Gasteiger partial charge in [0.25, 0.3) is 0 Å². The molecule has 0 radical (unpaired) electrons. The van der Waals surface area contributed by atoms with Crippen LogP contribution in [0.5, 0.6) is 0 Å². The molecule has 3 fully saturated rings. The number of Topliss-reactive ketones (excluding diaryl/α,β-unsaturated/α-hetero) is 1. The maximum atomic E-state index is 11.4. The molecule has 24 heavy (non-hydrogen) atoms. The van der Waals surface area contributed by atoms with Crippen molar-refractivity contribution in [1.82, 2.24) is 14.9 Å². The number of carbonyl (C=O) groups excluding carboxylic acids is 1. The van der Waals surface area contributed by atoms with Crippen LogP contribution in [0.4, 0.5) is 5.69 Å². The van der Waals surface area contributed by atoms with Gasteiger partial charge in [-0.15, -0.1) is 0 Å². The third-order valence-corrected chi connectivity index (χ3v) is 6.47. The molecule has 130 valence electrons. The molecule has 5 nitrogen and oxygen atoms in total. The average Bonchev–Trinajstić information content (AvgIpc) is 2.53. The smallest absolute Gasteiger partial charge is 0.132 e. The number of ketones is 1. The molecular weight excluding hydrogens is 300 g/mol. The van der Waals surface area contributed by atoms with Crippen LogP contribution in [0.15, 0.2) is 12.4 Å². The molecule has 1 spiro atoms. The molecule has 2 aliphatic carbocycles. The molecule has 3 aliphatic rings. The van der Waals surface area contributed by atoms with Crippen molar-refractivity contribution in [2.75, 3.05) is 31.1 Å². The number of aromatic nitrogens is 2. The lowest BCUT2D eigenvalue weighted by Crippen LogP contribution is -2.60. The van der Waals surface area contributed by atoms with E-state index in [1.54, 1.807) is 6.92 Å². The molecule has 0 N–H and O–H groups in total. The first kappa shape index (κ1) is 16.0. The van der Waals surface area contributed by atoms with E-state index in [-0.39, 0.29) is 0 Å². The highest BCUT2D eigenvalue weighted by Gasteiger charge is 2.55. The monoisotopic (exact) mass is 328 g/mol. The summed E-state index contributed by atoms with van der Waals surface area (Å²) in [6.07, 6.45) is 9.75. The van der Waals surface area contributed by atoms with E-state index in [1.807, 2.05) is 12.4 Å². The van der Waals surface area contributed by atoms with E-state index in [9.17, 15) is 4.79 Å². The summed E-state index contributed by atoms with van der Waals surface area (Å²) in [7, 11) is 0. The summed E-state index contributed by atoms with van der Waals surface area (Å²) in [4.78, 5) is 25.3. The zero-order valence-electron chi connectivity index (χ0n) is 14.9. The number of hydrogen-bond donors (Lipinski definition) is 0. The molecule has 0 amide bonds. The van der Waals surface area contributed by atoms with Gasteiger partial charge in [0.1, 0.15) is 11.6 Å². The summed E-state index contributed by atoms with van der Waals surface area (Å²) in [6, 6.07) is 0.749. The molecular formula is C19H28N4O. The first-order chi connectivity index (χ1) is 11.6. The molecule has 1 aromatic rings. The molecule has 5 heteroatoms. The van der Waals surface area contributed by atoms with Crippen molar-refractivity contribution in [1.29, 1.82) is 0 Å². The first-order valence-electron chi connectivity index (χ1n) is 9.39. The van der Waals surface area contributed by atoms with Gasteiger partial charge in [-0.2, -0.15) is 0 Å². The largest absolute Gasteiger partial charge is 0.366 e. The Kier molecular flexibility index (Phi) is 4.07. The number of hydrogen-bond acceptors (Lipinski definition) is 5. The van der Waals surface area contributed by atoms with Crippen LogP contribution in [0.1, 0.15) is 45.4 Å². The van der Waals surface area contributed by atoms with E-state index in [0.717, 1.165) is 63.0 Å². The van der Waals surface area contributed by atoms with Gasteiger partial charge in [0.15, 0.2) is 0 Å². The summed E-state index contributed by atoms with van der Waals surface area (Å²) in [6.45, 7) is 8.23. The number of anilines is 1. The van der Waals surface area contributed by atoms with Gasteiger partial charge in [-0.3, -0.25) is 9.69 Å². The Hall–Kier alpha value is -1.49. The number of aryl methyl sites for hydroxylation is 1. The van der Waals surface area contributed by atoms with E-state index in [2.05, 4.69) is 26.7 Å². The SMILES string of the molecule is CCc1ncc(N2CCN(C3CC4(CC(C(C)=O)C4)C3)CC2)cn1. The van der Waals surface area contributed by atoms with Crippen LogP contribution >= 0.6 is 0 Å². The Bertz CT molecular complexity index is 592. The van der Waals surface area contributed by atoms with Gasteiger partial charge in [0.2, 0.25) is 0 Å². The zero-order valence-corrected chi connectivity index (χ0v) is 14.9. The lowest BCUT2D eigenvalue weighted by molar-refractivity contribution is -0.139. The highest BCUT2D eigenvalue weighted by atomic mass is 16.1. The van der Waals surface area contributed by atoms with Gasteiger partial charge in [0.05, 0.1) is 18.1 Å². The van der Waals surface area contributed by atoms with E-state index >= 15 is 0 Å². The molecule has 4 rings (SSSR count). The minimum absolute atomic E-state index is 0.369. The highest BCUT2D eigenvalue weighted by molar-refractivity contribution is 5.79. The fourth-order valence-corrected chi connectivity index (χ4v) is 4.84. The molecule has 0 aromatic carbocycles. The van der Waals surface area contributed by atoms with Crippen molar-refractivity contribution >= 4 is 11.5 Å². The third kappa shape index (κ3) is 2.83. The second kappa shape index (κ2) is 6.10. The van der Waals surface area contributed by atoms with Crippen LogP contribution in [0.3, 0.4) is 0 Å². The summed E-state index contributed by atoms with van der Waals surface area (Å²) in [5, 5.41) is 0. The predicted molar refractivity (Wildman–Crippen MR) is 94.1 cm³/mol. The number of piperazine rings is 1. The van der Waals surface area contributed by atoms with Gasteiger partial charge in [-0.1, -0.05) is 6.92 Å². The maximum Gasteiger partial charge on any atom is 0.132 e. The van der Waals surface area contributed by atoms with Gasteiger partial charge >= 0.3 is 0 Å². The second-order valence-corrected chi connectivity index (χ2v) is 8.01. The lowest BCUT2D eigenvalue weighted by atomic mass is 9.49. The van der Waals surface area contributed by atoms with Crippen LogP contribution in [-0.4, -0.2) is 52.9 Å². The molecule has 2 heterocycles. The van der Waals surface area contributed by atoms with E-state index in [1.165, 1.54) is 12.8 Å². The van der Waals surface area contributed by atoms with Crippen LogP contribution in [0.25, 0.3) is 0 Å². The van der Waals surface area contributed by atoms with Gasteiger partial charge < -0.3 is 4.90 Å². The Morgan fingerprint density at radius 1 is 1.12 bits per heavy atom. The van der Waals surface area contributed by atoms with E-state index in [4.69, 9.17) is 0 Å². The van der Waals surface area contributed by atoms with Crippen LogP contribution in [-0.2, 0) is 11.2 Å². The highest BCUT2D eigenvalue weighted by Crippen LogP contribution is 2.60. The van der Waals surface area contributed by atoms with Gasteiger partial charge in [-0.05, 0) is 38.0 Å². The second-order valence-electron chi connectivity index (χ2n) is 8.01. The molecule has 0 bridgehead atoms.